The maximum atomic E-state index is 12.3. The van der Waals surface area contributed by atoms with Gasteiger partial charge in [-0.05, 0) is 75.5 Å². The Balaban J connectivity index is 0.000000408. The third-order valence-electron chi connectivity index (χ3n) is 8.05. The summed E-state index contributed by atoms with van der Waals surface area (Å²) in [6.07, 6.45) is 12.8. The van der Waals surface area contributed by atoms with Crippen molar-refractivity contribution in [2.75, 3.05) is 82.3 Å². The maximum absolute atomic E-state index is 12.3. The van der Waals surface area contributed by atoms with Crippen LogP contribution in [0.5, 0.6) is 6.01 Å². The fourth-order valence-corrected chi connectivity index (χ4v) is 5.85. The first-order valence-corrected chi connectivity index (χ1v) is 16.6. The molecule has 3 aromatic rings. The van der Waals surface area contributed by atoms with E-state index >= 15 is 0 Å². The van der Waals surface area contributed by atoms with Crippen LogP contribution in [0, 0.1) is 0 Å². The van der Waals surface area contributed by atoms with Crippen LogP contribution in [0.1, 0.15) is 24.1 Å². The number of nitrogens with two attached hydrogens (primary N) is 1. The van der Waals surface area contributed by atoms with E-state index in [0.29, 0.717) is 38.7 Å². The molecule has 2 N–H and O–H groups in total. The summed E-state index contributed by atoms with van der Waals surface area (Å²) in [6, 6.07) is 8.60. The lowest BCUT2D eigenvalue weighted by atomic mass is 10.0. The van der Waals surface area contributed by atoms with E-state index in [4.69, 9.17) is 20.4 Å². The molecule has 0 spiro atoms. The number of carbonyl (C=O) groups excluding carboxylic acids is 1. The minimum atomic E-state index is -0.0980. The smallest absolute Gasteiger partial charge is 0.318 e. The molecule has 0 saturated carbocycles. The Labute approximate surface area is 260 Å². The molecule has 11 heteroatoms. The summed E-state index contributed by atoms with van der Waals surface area (Å²) in [5, 5.41) is 2.29. The Kier molecular flexibility index (Phi) is 12.0. The van der Waals surface area contributed by atoms with Gasteiger partial charge in [0.15, 0.2) is 0 Å². The number of hydrogen-bond donors (Lipinski definition) is 1. The number of fused-ring (bicyclic) bond motifs is 2. The SMILES string of the molecule is C=CC(=O)N1CCN(c2nc(OC)nc3c2CCN(c2cccc4ccncc24)C3)CC1CN.CN1CCCC1.CSC. The van der Waals surface area contributed by atoms with Crippen molar-refractivity contribution in [2.45, 2.75) is 31.8 Å². The number of aromatic nitrogens is 3. The number of thioether (sulfide) groups is 1. The van der Waals surface area contributed by atoms with Crippen LogP contribution in [0.15, 0.2) is 49.3 Å². The highest BCUT2D eigenvalue weighted by Gasteiger charge is 2.32. The molecule has 2 aromatic heterocycles. The molecule has 0 radical (unpaired) electrons. The van der Waals surface area contributed by atoms with E-state index in [1.165, 1.54) is 37.4 Å². The number of ether oxygens (including phenoxy) is 1. The number of likely N-dealkylation sites (tertiary alicyclic amines) is 1. The number of carbonyl (C=O) groups is 1. The van der Waals surface area contributed by atoms with Gasteiger partial charge in [0.25, 0.3) is 0 Å². The van der Waals surface area contributed by atoms with Gasteiger partial charge in [-0.1, -0.05) is 18.7 Å². The van der Waals surface area contributed by atoms with Crippen molar-refractivity contribution < 1.29 is 9.53 Å². The average Bonchev–Trinajstić information content (AvgIpc) is 3.54. The second kappa shape index (κ2) is 15.9. The van der Waals surface area contributed by atoms with Crippen LogP contribution >= 0.6 is 11.8 Å². The van der Waals surface area contributed by atoms with Crippen molar-refractivity contribution in [1.29, 1.82) is 0 Å². The van der Waals surface area contributed by atoms with Gasteiger partial charge in [0.2, 0.25) is 5.91 Å². The first kappa shape index (κ1) is 32.5. The van der Waals surface area contributed by atoms with E-state index in [9.17, 15) is 4.79 Å². The second-order valence-corrected chi connectivity index (χ2v) is 11.8. The minimum absolute atomic E-state index is 0.0855. The molecule has 232 valence electrons. The van der Waals surface area contributed by atoms with E-state index < -0.39 is 0 Å². The van der Waals surface area contributed by atoms with Crippen molar-refractivity contribution in [1.82, 2.24) is 24.8 Å². The summed E-state index contributed by atoms with van der Waals surface area (Å²) < 4.78 is 5.47. The molecule has 3 aliphatic heterocycles. The zero-order chi connectivity index (χ0) is 30.8. The summed E-state index contributed by atoms with van der Waals surface area (Å²) in [5.74, 6) is 0.794. The van der Waals surface area contributed by atoms with Crippen LogP contribution in [0.3, 0.4) is 0 Å². The van der Waals surface area contributed by atoms with Crippen LogP contribution < -0.4 is 20.3 Å². The van der Waals surface area contributed by atoms with Gasteiger partial charge in [0.1, 0.15) is 5.82 Å². The lowest BCUT2D eigenvalue weighted by molar-refractivity contribution is -0.128. The summed E-state index contributed by atoms with van der Waals surface area (Å²) in [5.41, 5.74) is 9.27. The zero-order valence-corrected chi connectivity index (χ0v) is 26.9. The van der Waals surface area contributed by atoms with Crippen LogP contribution in [-0.4, -0.2) is 109 Å². The molecule has 2 saturated heterocycles. The van der Waals surface area contributed by atoms with E-state index in [2.05, 4.69) is 51.5 Å². The predicted molar refractivity (Wildman–Crippen MR) is 178 cm³/mol. The third kappa shape index (κ3) is 7.95. The van der Waals surface area contributed by atoms with E-state index in [1.807, 2.05) is 31.0 Å². The Hall–Kier alpha value is -3.41. The Morgan fingerprint density at radius 3 is 2.53 bits per heavy atom. The molecule has 0 bridgehead atoms. The van der Waals surface area contributed by atoms with Gasteiger partial charge >= 0.3 is 6.01 Å². The van der Waals surface area contributed by atoms with Gasteiger partial charge in [-0.15, -0.1) is 0 Å². The number of anilines is 2. The van der Waals surface area contributed by atoms with E-state index in [-0.39, 0.29) is 11.9 Å². The number of piperazine rings is 1. The van der Waals surface area contributed by atoms with Crippen LogP contribution in [0.25, 0.3) is 10.8 Å². The molecule has 10 nitrogen and oxygen atoms in total. The summed E-state index contributed by atoms with van der Waals surface area (Å²) >= 11 is 1.75. The average molecular weight is 607 g/mol. The molecule has 1 amide bonds. The largest absolute Gasteiger partial charge is 0.467 e. The maximum Gasteiger partial charge on any atom is 0.318 e. The van der Waals surface area contributed by atoms with E-state index in [1.54, 1.807) is 23.8 Å². The predicted octanol–water partition coefficient (Wildman–Crippen LogP) is 3.45. The number of rotatable bonds is 5. The van der Waals surface area contributed by atoms with Gasteiger partial charge in [-0.2, -0.15) is 21.7 Å². The van der Waals surface area contributed by atoms with Crippen molar-refractivity contribution in [3.63, 3.8) is 0 Å². The van der Waals surface area contributed by atoms with Crippen molar-refractivity contribution in [3.8, 4) is 6.01 Å². The molecular weight excluding hydrogens is 560 g/mol. The zero-order valence-electron chi connectivity index (χ0n) is 26.0. The molecule has 1 atom stereocenters. The monoisotopic (exact) mass is 606 g/mol. The summed E-state index contributed by atoms with van der Waals surface area (Å²) in [4.78, 5) is 34.7. The fourth-order valence-electron chi connectivity index (χ4n) is 5.85. The standard InChI is InChI=1S/C25H29N7O2.C5H11N.C2H6S/c1-3-23(33)32-12-11-31(15-18(32)13-26)24-19-8-10-30(16-21(19)28-25(29-24)34-2)22-6-4-5-17-7-9-27-14-20(17)22;1-6-4-2-3-5-6;1-3-2/h3-7,9,14,18H,1,8,10-13,15-16,26H2,2H3;2-5H2,1H3;1-2H3. The minimum Gasteiger partial charge on any atom is -0.467 e. The number of nitrogens with zero attached hydrogens (tertiary/aromatic N) is 7. The highest BCUT2D eigenvalue weighted by Crippen LogP contribution is 2.34. The van der Waals surface area contributed by atoms with Gasteiger partial charge in [0.05, 0.1) is 25.4 Å². The topological polar surface area (TPSA) is 104 Å². The number of benzene rings is 1. The van der Waals surface area contributed by atoms with Gasteiger partial charge in [-0.3, -0.25) is 9.78 Å². The molecule has 0 aliphatic carbocycles. The molecule has 5 heterocycles. The van der Waals surface area contributed by atoms with E-state index in [0.717, 1.165) is 41.1 Å². The number of methoxy groups -OCH3 is 1. The van der Waals surface area contributed by atoms with Crippen LogP contribution in [0.4, 0.5) is 11.5 Å². The lowest BCUT2D eigenvalue weighted by Gasteiger charge is -2.42. The number of hydrogen-bond acceptors (Lipinski definition) is 10. The Morgan fingerprint density at radius 1 is 1.12 bits per heavy atom. The first-order chi connectivity index (χ1) is 20.9. The second-order valence-electron chi connectivity index (χ2n) is 11.0. The van der Waals surface area contributed by atoms with Crippen molar-refractivity contribution >= 4 is 39.9 Å². The summed E-state index contributed by atoms with van der Waals surface area (Å²) in [7, 11) is 3.76. The highest BCUT2D eigenvalue weighted by molar-refractivity contribution is 7.97. The molecule has 3 aliphatic rings. The molecule has 6 rings (SSSR count). The quantitative estimate of drug-likeness (QED) is 0.435. The van der Waals surface area contributed by atoms with Gasteiger partial charge in [0, 0.05) is 61.8 Å². The lowest BCUT2D eigenvalue weighted by Crippen LogP contribution is -2.58. The van der Waals surface area contributed by atoms with Gasteiger partial charge < -0.3 is 30.1 Å². The van der Waals surface area contributed by atoms with Crippen molar-refractivity contribution in [3.05, 3.63) is 60.6 Å². The normalized spacial score (nSPS) is 18.3. The fraction of sp³-hybridized carbons (Fsp3) is 0.500. The third-order valence-corrected chi connectivity index (χ3v) is 8.05. The highest BCUT2D eigenvalue weighted by atomic mass is 32.2. The Morgan fingerprint density at radius 2 is 1.88 bits per heavy atom. The first-order valence-electron chi connectivity index (χ1n) is 14.9. The van der Waals surface area contributed by atoms with Gasteiger partial charge in [-0.25, -0.2) is 0 Å². The molecule has 2 fully saturated rings. The number of pyridine rings is 1. The van der Waals surface area contributed by atoms with Crippen molar-refractivity contribution in [2.24, 2.45) is 5.73 Å². The number of amides is 1. The Bertz CT molecular complexity index is 1360. The molecule has 1 unspecified atom stereocenters. The van der Waals surface area contributed by atoms with Crippen LogP contribution in [-0.2, 0) is 17.8 Å². The molecular formula is C32H46N8O2S. The molecule has 43 heavy (non-hydrogen) atoms. The molecule has 1 aromatic carbocycles. The van der Waals surface area contributed by atoms with Crippen LogP contribution in [0.2, 0.25) is 0 Å². The summed E-state index contributed by atoms with van der Waals surface area (Å²) in [6.45, 7) is 10.00.